The van der Waals surface area contributed by atoms with E-state index in [1.165, 1.54) is 36.9 Å². The number of carbonyl (C=O) groups excluding carboxylic acids is 1. The Hall–Kier alpha value is -1.44. The molecule has 1 saturated heterocycles. The second-order valence-corrected chi connectivity index (χ2v) is 10.9. The van der Waals surface area contributed by atoms with Crippen LogP contribution in [0.5, 0.6) is 0 Å². The lowest BCUT2D eigenvalue weighted by Gasteiger charge is -2.40. The third-order valence-electron chi connectivity index (χ3n) is 7.76. The van der Waals surface area contributed by atoms with Crippen molar-refractivity contribution in [1.82, 2.24) is 20.0 Å². The summed E-state index contributed by atoms with van der Waals surface area (Å²) in [5.74, 6) is 0.0787. The normalized spacial score (nSPS) is 27.0. The molecular weight excluding hydrogens is 408 g/mol. The molecule has 0 radical (unpaired) electrons. The van der Waals surface area contributed by atoms with Crippen molar-refractivity contribution in [2.24, 2.45) is 0 Å². The molecule has 0 spiro atoms. The minimum absolute atomic E-state index is 0.0787. The summed E-state index contributed by atoms with van der Waals surface area (Å²) in [5.41, 5.74) is 1.04. The van der Waals surface area contributed by atoms with Crippen LogP contribution >= 0.6 is 11.3 Å². The van der Waals surface area contributed by atoms with E-state index in [-0.39, 0.29) is 18.1 Å². The van der Waals surface area contributed by atoms with Crippen LogP contribution in [-0.2, 0) is 0 Å². The summed E-state index contributed by atoms with van der Waals surface area (Å²) in [6.07, 6.45) is 12.3. The van der Waals surface area contributed by atoms with Gasteiger partial charge >= 0.3 is 0 Å². The van der Waals surface area contributed by atoms with Crippen LogP contribution in [0.4, 0.5) is 0 Å². The smallest absolute Gasteiger partial charge is 0.261 e. The molecule has 2 saturated carbocycles. The summed E-state index contributed by atoms with van der Waals surface area (Å²) in [4.78, 5) is 17.6. The summed E-state index contributed by atoms with van der Waals surface area (Å²) in [6, 6.07) is 3.43. The Morgan fingerprint density at radius 3 is 2.45 bits per heavy atom. The Bertz CT molecular complexity index is 900. The number of rotatable bonds is 4. The van der Waals surface area contributed by atoms with Crippen LogP contribution < -0.4 is 5.32 Å². The molecule has 2 aromatic heterocycles. The number of aromatic nitrogens is 2. The van der Waals surface area contributed by atoms with E-state index >= 15 is 0 Å². The number of carbonyl (C=O) groups is 1. The third-order valence-corrected chi connectivity index (χ3v) is 8.88. The first-order chi connectivity index (χ1) is 15.1. The summed E-state index contributed by atoms with van der Waals surface area (Å²) in [6.45, 7) is 4.16. The fraction of sp³-hybridized carbons (Fsp3) is 0.750. The van der Waals surface area contributed by atoms with E-state index in [1.807, 2.05) is 0 Å². The molecule has 3 heterocycles. The molecule has 170 valence electrons. The number of nitrogens with zero attached hydrogens (tertiary/aromatic N) is 3. The fourth-order valence-electron chi connectivity index (χ4n) is 5.85. The molecule has 31 heavy (non-hydrogen) atoms. The van der Waals surface area contributed by atoms with Gasteiger partial charge in [0.1, 0.15) is 4.83 Å². The van der Waals surface area contributed by atoms with Gasteiger partial charge in [-0.1, -0.05) is 19.3 Å². The summed E-state index contributed by atoms with van der Waals surface area (Å²) in [7, 11) is 0. The maximum absolute atomic E-state index is 13.0. The van der Waals surface area contributed by atoms with E-state index < -0.39 is 0 Å². The number of thiophene rings is 1. The highest BCUT2D eigenvalue weighted by atomic mass is 32.1. The van der Waals surface area contributed by atoms with Crippen molar-refractivity contribution >= 4 is 27.5 Å². The summed E-state index contributed by atoms with van der Waals surface area (Å²) in [5, 5.41) is 19.0. The number of piperidine rings is 1. The van der Waals surface area contributed by atoms with Gasteiger partial charge in [-0.15, -0.1) is 11.3 Å². The Morgan fingerprint density at radius 1 is 1.03 bits per heavy atom. The average molecular weight is 445 g/mol. The SMILES string of the molecule is Cc1nn(C2CCCCC2)c2sc(C(=O)NC3CCN(C4CCC(O)CC4)CC3)cc12. The highest BCUT2D eigenvalue weighted by molar-refractivity contribution is 7.20. The van der Waals surface area contributed by atoms with Crippen molar-refractivity contribution < 1.29 is 9.90 Å². The summed E-state index contributed by atoms with van der Waals surface area (Å²) < 4.78 is 2.21. The number of aliphatic hydroxyl groups excluding tert-OH is 1. The van der Waals surface area contributed by atoms with E-state index in [2.05, 4.69) is 27.9 Å². The molecule has 2 N–H and O–H groups in total. The van der Waals surface area contributed by atoms with E-state index in [0.717, 1.165) is 67.6 Å². The van der Waals surface area contributed by atoms with Gasteiger partial charge in [0, 0.05) is 30.6 Å². The Balaban J connectivity index is 1.20. The van der Waals surface area contributed by atoms with E-state index in [4.69, 9.17) is 5.10 Å². The van der Waals surface area contributed by atoms with Crippen LogP contribution in [0, 0.1) is 6.92 Å². The van der Waals surface area contributed by atoms with E-state index in [9.17, 15) is 9.90 Å². The van der Waals surface area contributed by atoms with Gasteiger partial charge in [-0.25, -0.2) is 0 Å². The van der Waals surface area contributed by atoms with Gasteiger partial charge in [-0.2, -0.15) is 5.10 Å². The molecule has 3 aliphatic rings. The monoisotopic (exact) mass is 444 g/mol. The third kappa shape index (κ3) is 4.55. The highest BCUT2D eigenvalue weighted by Gasteiger charge is 2.29. The van der Waals surface area contributed by atoms with E-state index in [1.54, 1.807) is 11.3 Å². The minimum Gasteiger partial charge on any atom is -0.393 e. The van der Waals surface area contributed by atoms with Gasteiger partial charge in [0.05, 0.1) is 22.7 Å². The van der Waals surface area contributed by atoms with Crippen LogP contribution in [0.15, 0.2) is 6.07 Å². The van der Waals surface area contributed by atoms with Gasteiger partial charge in [0.25, 0.3) is 5.91 Å². The molecule has 0 atom stereocenters. The zero-order valence-electron chi connectivity index (χ0n) is 18.7. The van der Waals surface area contributed by atoms with Crippen molar-refractivity contribution in [2.45, 2.75) is 102 Å². The van der Waals surface area contributed by atoms with Gasteiger partial charge in [-0.3, -0.25) is 9.48 Å². The molecule has 0 unspecified atom stereocenters. The average Bonchev–Trinajstić information content (AvgIpc) is 3.36. The van der Waals surface area contributed by atoms with Gasteiger partial charge in [-0.05, 0) is 64.4 Å². The Kier molecular flexibility index (Phi) is 6.35. The molecule has 0 aromatic carbocycles. The predicted molar refractivity (Wildman–Crippen MR) is 125 cm³/mol. The Morgan fingerprint density at radius 2 is 1.74 bits per heavy atom. The maximum atomic E-state index is 13.0. The number of likely N-dealkylation sites (tertiary alicyclic amines) is 1. The van der Waals surface area contributed by atoms with Crippen molar-refractivity contribution in [3.63, 3.8) is 0 Å². The quantitative estimate of drug-likeness (QED) is 0.733. The van der Waals surface area contributed by atoms with Crippen molar-refractivity contribution in [3.8, 4) is 0 Å². The van der Waals surface area contributed by atoms with Gasteiger partial charge < -0.3 is 15.3 Å². The number of aliphatic hydroxyl groups is 1. The number of hydrogen-bond acceptors (Lipinski definition) is 5. The Labute approximate surface area is 189 Å². The zero-order chi connectivity index (χ0) is 21.4. The van der Waals surface area contributed by atoms with Crippen LogP contribution in [0.25, 0.3) is 10.2 Å². The molecule has 3 fully saturated rings. The molecule has 5 rings (SSSR count). The molecule has 2 aromatic rings. The topological polar surface area (TPSA) is 70.4 Å². The second kappa shape index (κ2) is 9.20. The highest BCUT2D eigenvalue weighted by Crippen LogP contribution is 2.35. The first-order valence-corrected chi connectivity index (χ1v) is 13.1. The number of hydrogen-bond donors (Lipinski definition) is 2. The van der Waals surface area contributed by atoms with Crippen molar-refractivity contribution in [3.05, 3.63) is 16.6 Å². The molecule has 6 nitrogen and oxygen atoms in total. The van der Waals surface area contributed by atoms with Crippen LogP contribution in [-0.4, -0.2) is 57.0 Å². The lowest BCUT2D eigenvalue weighted by Crippen LogP contribution is -2.49. The molecular formula is C24H36N4O2S. The predicted octanol–water partition coefficient (Wildman–Crippen LogP) is 4.41. The second-order valence-electron chi connectivity index (χ2n) is 9.90. The van der Waals surface area contributed by atoms with E-state index in [0.29, 0.717) is 12.1 Å². The lowest BCUT2D eigenvalue weighted by molar-refractivity contribution is 0.0582. The maximum Gasteiger partial charge on any atom is 0.261 e. The van der Waals surface area contributed by atoms with Crippen LogP contribution in [0.2, 0.25) is 0 Å². The standard InChI is InChI=1S/C24H36N4O2S/c1-16-21-15-22(31-24(21)28(26-16)19-5-3-2-4-6-19)23(30)25-17-11-13-27(14-12-17)18-7-9-20(29)10-8-18/h15,17-20,29H,2-14H2,1H3,(H,25,30). The number of fused-ring (bicyclic) bond motifs is 1. The largest absolute Gasteiger partial charge is 0.393 e. The first kappa shape index (κ1) is 21.4. The van der Waals surface area contributed by atoms with Crippen molar-refractivity contribution in [2.75, 3.05) is 13.1 Å². The van der Waals surface area contributed by atoms with Gasteiger partial charge in [0.15, 0.2) is 0 Å². The van der Waals surface area contributed by atoms with Crippen LogP contribution in [0.1, 0.15) is 92.0 Å². The zero-order valence-corrected chi connectivity index (χ0v) is 19.5. The molecule has 2 aliphatic carbocycles. The van der Waals surface area contributed by atoms with Crippen LogP contribution in [0.3, 0.4) is 0 Å². The fourth-order valence-corrected chi connectivity index (χ4v) is 6.98. The summed E-state index contributed by atoms with van der Waals surface area (Å²) >= 11 is 1.61. The number of amides is 1. The molecule has 0 bridgehead atoms. The molecule has 7 heteroatoms. The first-order valence-electron chi connectivity index (χ1n) is 12.3. The minimum atomic E-state index is -0.0942. The number of nitrogens with one attached hydrogen (secondary N) is 1. The lowest BCUT2D eigenvalue weighted by atomic mass is 9.90. The van der Waals surface area contributed by atoms with Crippen molar-refractivity contribution in [1.29, 1.82) is 0 Å². The van der Waals surface area contributed by atoms with Gasteiger partial charge in [0.2, 0.25) is 0 Å². The molecule has 1 amide bonds. The number of aryl methyl sites for hydroxylation is 1. The molecule has 1 aliphatic heterocycles.